The molecule has 5 heterocycles. The van der Waals surface area contributed by atoms with Crippen LogP contribution in [0.3, 0.4) is 0 Å². The summed E-state index contributed by atoms with van der Waals surface area (Å²) in [5.74, 6) is 0. The quantitative estimate of drug-likeness (QED) is 0.346. The first kappa shape index (κ1) is 23.4. The van der Waals surface area contributed by atoms with Crippen LogP contribution in [0.25, 0.3) is 11.3 Å². The van der Waals surface area contributed by atoms with Gasteiger partial charge in [-0.2, -0.15) is 0 Å². The summed E-state index contributed by atoms with van der Waals surface area (Å²) in [6, 6.07) is 7.18. The molecule has 5 rings (SSSR count). The van der Waals surface area contributed by atoms with Crippen LogP contribution in [-0.4, -0.2) is 56.3 Å². The lowest BCUT2D eigenvalue weighted by molar-refractivity contribution is 0.0339. The Balaban J connectivity index is 0.000000165. The van der Waals surface area contributed by atoms with Gasteiger partial charge in [0.05, 0.1) is 24.3 Å². The molecule has 0 aromatic carbocycles. The number of carbonyl (C=O) groups excluding carboxylic acids is 1. The van der Waals surface area contributed by atoms with E-state index in [0.29, 0.717) is 24.1 Å². The van der Waals surface area contributed by atoms with Crippen molar-refractivity contribution in [1.82, 2.24) is 23.7 Å². The van der Waals surface area contributed by atoms with E-state index in [9.17, 15) is 14.4 Å². The summed E-state index contributed by atoms with van der Waals surface area (Å²) in [6.45, 7) is 3.81. The lowest BCUT2D eigenvalue weighted by Gasteiger charge is -2.26. The van der Waals surface area contributed by atoms with Crippen LogP contribution in [-0.2, 0) is 11.3 Å². The minimum absolute atomic E-state index is 0.00204. The number of aromatic nitrogens is 4. The van der Waals surface area contributed by atoms with Gasteiger partial charge in [-0.3, -0.25) is 28.1 Å². The van der Waals surface area contributed by atoms with Gasteiger partial charge in [0.15, 0.2) is 6.29 Å². The normalized spacial score (nSPS) is 14.1. The summed E-state index contributed by atoms with van der Waals surface area (Å²) in [5.41, 5.74) is 1.60. The van der Waals surface area contributed by atoms with Gasteiger partial charge in [-0.1, -0.05) is 0 Å². The van der Waals surface area contributed by atoms with Crippen molar-refractivity contribution in [1.29, 1.82) is 0 Å². The molecule has 0 radical (unpaired) electrons. The maximum Gasteiger partial charge on any atom is 0.268 e. The molecule has 33 heavy (non-hydrogen) atoms. The van der Waals surface area contributed by atoms with E-state index in [1.807, 2.05) is 12.1 Å². The van der Waals surface area contributed by atoms with E-state index < -0.39 is 0 Å². The summed E-state index contributed by atoms with van der Waals surface area (Å²) in [5, 5.41) is 0. The average Bonchev–Trinajstić information content (AvgIpc) is 2.83. The Hall–Kier alpha value is -2.73. The fraction of sp³-hybridized carbons (Fsp3) is 0.227. The van der Waals surface area contributed by atoms with Gasteiger partial charge >= 0.3 is 0 Å². The molecule has 0 spiro atoms. The Labute approximate surface area is 204 Å². The summed E-state index contributed by atoms with van der Waals surface area (Å²) in [7, 11) is 0. The predicted molar refractivity (Wildman–Crippen MR) is 130 cm³/mol. The largest absolute Gasteiger partial charge is 0.379 e. The van der Waals surface area contributed by atoms with E-state index in [2.05, 4.69) is 46.7 Å². The molecule has 0 N–H and O–H groups in total. The van der Waals surface area contributed by atoms with Crippen LogP contribution in [0.5, 0.6) is 0 Å². The molecule has 170 valence electrons. The highest BCUT2D eigenvalue weighted by Gasteiger charge is 2.13. The van der Waals surface area contributed by atoms with E-state index >= 15 is 0 Å². The molecule has 1 fully saturated rings. The van der Waals surface area contributed by atoms with Crippen LogP contribution in [0.4, 0.5) is 0 Å². The second-order valence-corrected chi connectivity index (χ2v) is 9.10. The van der Waals surface area contributed by atoms with Crippen molar-refractivity contribution in [2.75, 3.05) is 26.3 Å². The van der Waals surface area contributed by atoms with Crippen molar-refractivity contribution in [3.63, 3.8) is 0 Å². The third kappa shape index (κ3) is 5.44. The smallest absolute Gasteiger partial charge is 0.268 e. The number of fused-ring (bicyclic) bond motifs is 2. The maximum absolute atomic E-state index is 12.4. The van der Waals surface area contributed by atoms with Crippen LogP contribution < -0.4 is 11.1 Å². The number of aldehydes is 1. The van der Waals surface area contributed by atoms with E-state index in [4.69, 9.17) is 4.74 Å². The highest BCUT2D eigenvalue weighted by Crippen LogP contribution is 2.10. The Morgan fingerprint density at radius 2 is 1.45 bits per heavy atom. The standard InChI is InChI=1S/C13H14BrN3O2.C9H5BrN2O2/c14-11-1-2-12-15-7-10(13(18)17(12)9-11)8-16-3-5-19-6-4-16;10-7-1-2-8-11-3-6(5-13)9(14)12(8)4-7/h1-2,7,9H,3-6,8H2;1-5H. The maximum atomic E-state index is 12.4. The zero-order valence-electron chi connectivity index (χ0n) is 17.4. The van der Waals surface area contributed by atoms with Crippen LogP contribution in [0.15, 0.2) is 67.6 Å². The molecule has 1 aliphatic rings. The van der Waals surface area contributed by atoms with Crippen molar-refractivity contribution < 1.29 is 9.53 Å². The molecule has 1 saturated heterocycles. The van der Waals surface area contributed by atoms with Gasteiger partial charge in [-0.15, -0.1) is 0 Å². The molecule has 1 aliphatic heterocycles. The molecule has 11 heteroatoms. The first-order valence-corrected chi connectivity index (χ1v) is 11.6. The fourth-order valence-electron chi connectivity index (χ4n) is 3.34. The lowest BCUT2D eigenvalue weighted by Crippen LogP contribution is -2.37. The first-order valence-electron chi connectivity index (χ1n) is 10.0. The van der Waals surface area contributed by atoms with Gasteiger partial charge in [-0.25, -0.2) is 9.97 Å². The number of nitrogens with zero attached hydrogens (tertiary/aromatic N) is 5. The SMILES string of the molecule is O=Cc1cnc2ccc(Br)cn2c1=O.O=c1c(CN2CCOCC2)cnc2ccc(Br)cn12. The van der Waals surface area contributed by atoms with E-state index in [0.717, 1.165) is 40.8 Å². The van der Waals surface area contributed by atoms with Crippen LogP contribution in [0.2, 0.25) is 0 Å². The van der Waals surface area contributed by atoms with Gasteiger partial charge in [0.1, 0.15) is 11.3 Å². The van der Waals surface area contributed by atoms with Gasteiger partial charge in [-0.05, 0) is 56.1 Å². The summed E-state index contributed by atoms with van der Waals surface area (Å²) in [6.07, 6.45) is 6.80. The molecule has 0 unspecified atom stereocenters. The number of hydrogen-bond acceptors (Lipinski definition) is 7. The number of carbonyl (C=O) groups is 1. The monoisotopic (exact) mass is 575 g/mol. The minimum atomic E-state index is -0.355. The number of ether oxygens (including phenoxy) is 1. The fourth-order valence-corrected chi connectivity index (χ4v) is 4.02. The van der Waals surface area contributed by atoms with Crippen LogP contribution >= 0.6 is 31.9 Å². The van der Waals surface area contributed by atoms with Crippen LogP contribution in [0.1, 0.15) is 15.9 Å². The van der Waals surface area contributed by atoms with Gasteiger partial charge in [0, 0.05) is 53.4 Å². The van der Waals surface area contributed by atoms with E-state index in [-0.39, 0.29) is 16.7 Å². The van der Waals surface area contributed by atoms with Crippen molar-refractivity contribution in [2.45, 2.75) is 6.54 Å². The zero-order valence-corrected chi connectivity index (χ0v) is 20.5. The van der Waals surface area contributed by atoms with E-state index in [1.165, 1.54) is 10.6 Å². The number of pyridine rings is 2. The number of morpholine rings is 1. The third-order valence-corrected chi connectivity index (χ3v) is 5.99. The minimum Gasteiger partial charge on any atom is -0.379 e. The summed E-state index contributed by atoms with van der Waals surface area (Å²) < 4.78 is 9.85. The van der Waals surface area contributed by atoms with Crippen LogP contribution in [0, 0.1) is 0 Å². The molecular formula is C22H19Br2N5O4. The lowest BCUT2D eigenvalue weighted by atomic mass is 10.3. The average molecular weight is 577 g/mol. The Bertz CT molecular complexity index is 1430. The number of hydrogen-bond donors (Lipinski definition) is 0. The summed E-state index contributed by atoms with van der Waals surface area (Å²) in [4.78, 5) is 45.0. The highest BCUT2D eigenvalue weighted by molar-refractivity contribution is 9.10. The first-order chi connectivity index (χ1) is 16.0. The van der Waals surface area contributed by atoms with Gasteiger partial charge < -0.3 is 4.74 Å². The van der Waals surface area contributed by atoms with Crippen molar-refractivity contribution in [3.8, 4) is 0 Å². The third-order valence-electron chi connectivity index (χ3n) is 5.05. The predicted octanol–water partition coefficient (Wildman–Crippen LogP) is 2.56. The molecule has 9 nitrogen and oxygen atoms in total. The second-order valence-electron chi connectivity index (χ2n) is 7.26. The molecule has 4 aromatic heterocycles. The Kier molecular flexibility index (Phi) is 7.43. The second kappa shape index (κ2) is 10.5. The molecule has 4 aromatic rings. The number of rotatable bonds is 3. The van der Waals surface area contributed by atoms with Crippen molar-refractivity contribution in [3.05, 3.63) is 89.8 Å². The Morgan fingerprint density at radius 1 is 0.879 bits per heavy atom. The molecule has 0 aliphatic carbocycles. The molecule has 0 bridgehead atoms. The van der Waals surface area contributed by atoms with Gasteiger partial charge in [0.25, 0.3) is 11.1 Å². The van der Waals surface area contributed by atoms with Gasteiger partial charge in [0.2, 0.25) is 0 Å². The summed E-state index contributed by atoms with van der Waals surface area (Å²) >= 11 is 6.61. The van der Waals surface area contributed by atoms with E-state index in [1.54, 1.807) is 35.1 Å². The zero-order chi connectivity index (χ0) is 23.4. The Morgan fingerprint density at radius 3 is 2.06 bits per heavy atom. The van der Waals surface area contributed by atoms with Crippen molar-refractivity contribution >= 4 is 49.4 Å². The topological polar surface area (TPSA) is 98.3 Å². The molecule has 0 saturated carbocycles. The molecule has 0 amide bonds. The number of halogens is 2. The highest BCUT2D eigenvalue weighted by atomic mass is 79.9. The van der Waals surface area contributed by atoms with Crippen molar-refractivity contribution in [2.24, 2.45) is 0 Å². The molecule has 0 atom stereocenters. The molecular weight excluding hydrogens is 558 g/mol.